The molecule has 0 radical (unpaired) electrons. The number of fused-ring (bicyclic) bond motifs is 1. The number of benzene rings is 1. The van der Waals surface area contributed by atoms with Gasteiger partial charge in [0.15, 0.2) is 0 Å². The average molecular weight is 192 g/mol. The molecule has 76 valence electrons. The lowest BCUT2D eigenvalue weighted by Gasteiger charge is -2.26. The Kier molecular flexibility index (Phi) is 2.59. The van der Waals surface area contributed by atoms with Gasteiger partial charge in [-0.25, -0.2) is 0 Å². The molecule has 1 aromatic carbocycles. The van der Waals surface area contributed by atoms with Crippen LogP contribution in [0.1, 0.15) is 17.9 Å². The Bertz CT molecular complexity index is 325. The molecule has 3 nitrogen and oxygen atoms in total. The number of hydrogen-bond donors (Lipinski definition) is 3. The summed E-state index contributed by atoms with van der Waals surface area (Å²) in [4.78, 5) is 0. The van der Waals surface area contributed by atoms with Gasteiger partial charge in [-0.1, -0.05) is 0 Å². The highest BCUT2D eigenvalue weighted by Crippen LogP contribution is 2.33. The average Bonchev–Trinajstić information content (AvgIpc) is 2.19. The fourth-order valence-corrected chi connectivity index (χ4v) is 2.04. The molecule has 0 spiro atoms. The molecule has 1 heterocycles. The van der Waals surface area contributed by atoms with E-state index in [0.29, 0.717) is 11.7 Å². The van der Waals surface area contributed by atoms with Gasteiger partial charge in [-0.3, -0.25) is 0 Å². The van der Waals surface area contributed by atoms with Crippen molar-refractivity contribution in [1.82, 2.24) is 5.32 Å². The number of aromatic hydroxyl groups is 1. The second-order valence-electron chi connectivity index (χ2n) is 3.74. The van der Waals surface area contributed by atoms with E-state index in [1.54, 1.807) is 6.07 Å². The number of nitrogens with one attached hydrogen (secondary N) is 2. The second kappa shape index (κ2) is 3.88. The van der Waals surface area contributed by atoms with Gasteiger partial charge < -0.3 is 15.7 Å². The summed E-state index contributed by atoms with van der Waals surface area (Å²) in [6, 6.07) is 5.55. The van der Waals surface area contributed by atoms with Crippen molar-refractivity contribution in [1.29, 1.82) is 0 Å². The smallest absolute Gasteiger partial charge is 0.116 e. The highest BCUT2D eigenvalue weighted by molar-refractivity contribution is 5.57. The minimum atomic E-state index is 0.355. The summed E-state index contributed by atoms with van der Waals surface area (Å²) >= 11 is 0. The zero-order valence-corrected chi connectivity index (χ0v) is 8.38. The largest absolute Gasteiger partial charge is 0.508 e. The quantitative estimate of drug-likeness (QED) is 0.622. The lowest BCUT2D eigenvalue weighted by atomic mass is 9.91. The normalized spacial score (nSPS) is 19.9. The summed E-state index contributed by atoms with van der Waals surface area (Å²) < 4.78 is 0. The topological polar surface area (TPSA) is 44.3 Å². The van der Waals surface area contributed by atoms with E-state index < -0.39 is 0 Å². The van der Waals surface area contributed by atoms with E-state index in [9.17, 15) is 5.11 Å². The molecule has 2 rings (SSSR count). The van der Waals surface area contributed by atoms with Crippen molar-refractivity contribution in [3.05, 3.63) is 23.8 Å². The molecule has 1 unspecified atom stereocenters. The molecule has 0 aliphatic carbocycles. The van der Waals surface area contributed by atoms with E-state index in [4.69, 9.17) is 0 Å². The van der Waals surface area contributed by atoms with Gasteiger partial charge in [0, 0.05) is 24.7 Å². The molecule has 1 atom stereocenters. The van der Waals surface area contributed by atoms with Crippen LogP contribution in [0.5, 0.6) is 5.75 Å². The van der Waals surface area contributed by atoms with Crippen LogP contribution in [0.25, 0.3) is 0 Å². The summed E-state index contributed by atoms with van der Waals surface area (Å²) in [7, 11) is 1.96. The van der Waals surface area contributed by atoms with Gasteiger partial charge in [0.1, 0.15) is 5.75 Å². The molecule has 14 heavy (non-hydrogen) atoms. The summed E-state index contributed by atoms with van der Waals surface area (Å²) in [6.07, 6.45) is 1.12. The Morgan fingerprint density at radius 1 is 1.57 bits per heavy atom. The highest BCUT2D eigenvalue weighted by atomic mass is 16.3. The van der Waals surface area contributed by atoms with E-state index in [1.807, 2.05) is 19.2 Å². The summed E-state index contributed by atoms with van der Waals surface area (Å²) in [5.41, 5.74) is 2.39. The Hall–Kier alpha value is -1.22. The summed E-state index contributed by atoms with van der Waals surface area (Å²) in [5.74, 6) is 0.872. The molecule has 0 aromatic heterocycles. The van der Waals surface area contributed by atoms with Crippen LogP contribution < -0.4 is 10.6 Å². The zero-order chi connectivity index (χ0) is 9.97. The van der Waals surface area contributed by atoms with Gasteiger partial charge in [-0.2, -0.15) is 0 Å². The first kappa shape index (κ1) is 9.34. The number of rotatable bonds is 2. The van der Waals surface area contributed by atoms with Gasteiger partial charge in [0.05, 0.1) is 0 Å². The zero-order valence-electron chi connectivity index (χ0n) is 8.38. The van der Waals surface area contributed by atoms with Crippen LogP contribution in [0.15, 0.2) is 18.2 Å². The van der Waals surface area contributed by atoms with Crippen LogP contribution in [-0.2, 0) is 0 Å². The number of phenolic OH excluding ortho intramolecular Hbond substituents is 1. The van der Waals surface area contributed by atoms with E-state index in [-0.39, 0.29) is 0 Å². The molecule has 1 aliphatic heterocycles. The molecule has 3 N–H and O–H groups in total. The Morgan fingerprint density at radius 3 is 3.21 bits per heavy atom. The molecule has 0 fully saturated rings. The lowest BCUT2D eigenvalue weighted by molar-refractivity contribution is 0.472. The molecule has 0 saturated carbocycles. The third-order valence-corrected chi connectivity index (χ3v) is 2.73. The molecule has 1 aromatic rings. The Labute approximate surface area is 84.1 Å². The van der Waals surface area contributed by atoms with Gasteiger partial charge in [-0.05, 0) is 37.2 Å². The first-order valence-electron chi connectivity index (χ1n) is 5.02. The Balaban J connectivity index is 2.32. The van der Waals surface area contributed by atoms with Crippen molar-refractivity contribution in [2.45, 2.75) is 12.3 Å². The number of anilines is 1. The van der Waals surface area contributed by atoms with Crippen LogP contribution in [-0.4, -0.2) is 25.2 Å². The SMILES string of the molecule is CNCC1CCNc2ccc(O)cc21. The van der Waals surface area contributed by atoms with Gasteiger partial charge in [-0.15, -0.1) is 0 Å². The van der Waals surface area contributed by atoms with Crippen molar-refractivity contribution < 1.29 is 5.11 Å². The number of phenols is 1. The van der Waals surface area contributed by atoms with Crippen molar-refractivity contribution in [2.24, 2.45) is 0 Å². The fourth-order valence-electron chi connectivity index (χ4n) is 2.04. The molecule has 0 saturated heterocycles. The van der Waals surface area contributed by atoms with Crippen LogP contribution in [0.2, 0.25) is 0 Å². The lowest BCUT2D eigenvalue weighted by Crippen LogP contribution is -2.24. The molecule has 0 bridgehead atoms. The second-order valence-corrected chi connectivity index (χ2v) is 3.74. The van der Waals surface area contributed by atoms with Crippen molar-refractivity contribution in [3.8, 4) is 5.75 Å². The summed E-state index contributed by atoms with van der Waals surface area (Å²) in [5, 5.41) is 16.0. The minimum absolute atomic E-state index is 0.355. The maximum absolute atomic E-state index is 9.43. The van der Waals surface area contributed by atoms with E-state index in [2.05, 4.69) is 10.6 Å². The minimum Gasteiger partial charge on any atom is -0.508 e. The predicted molar refractivity (Wildman–Crippen MR) is 57.9 cm³/mol. The van der Waals surface area contributed by atoms with Crippen LogP contribution in [0, 0.1) is 0 Å². The Morgan fingerprint density at radius 2 is 2.43 bits per heavy atom. The summed E-state index contributed by atoms with van der Waals surface area (Å²) in [6.45, 7) is 1.99. The van der Waals surface area contributed by atoms with Crippen LogP contribution in [0.3, 0.4) is 0 Å². The van der Waals surface area contributed by atoms with E-state index in [1.165, 1.54) is 5.56 Å². The monoisotopic (exact) mass is 192 g/mol. The standard InChI is InChI=1S/C11H16N2O/c1-12-7-8-4-5-13-11-3-2-9(14)6-10(8)11/h2-3,6,8,12-14H,4-5,7H2,1H3. The molecular weight excluding hydrogens is 176 g/mol. The third kappa shape index (κ3) is 1.68. The van der Waals surface area contributed by atoms with E-state index >= 15 is 0 Å². The van der Waals surface area contributed by atoms with Crippen molar-refractivity contribution in [3.63, 3.8) is 0 Å². The number of likely N-dealkylation sites (N-methyl/N-ethyl adjacent to an activating group) is 1. The molecule has 1 aliphatic rings. The van der Waals surface area contributed by atoms with Crippen LogP contribution >= 0.6 is 0 Å². The van der Waals surface area contributed by atoms with Crippen molar-refractivity contribution in [2.75, 3.05) is 25.5 Å². The predicted octanol–water partition coefficient (Wildman–Crippen LogP) is 1.51. The van der Waals surface area contributed by atoms with Crippen LogP contribution in [0.4, 0.5) is 5.69 Å². The van der Waals surface area contributed by atoms with Crippen molar-refractivity contribution >= 4 is 5.69 Å². The first-order valence-corrected chi connectivity index (χ1v) is 5.02. The van der Waals surface area contributed by atoms with Gasteiger partial charge >= 0.3 is 0 Å². The maximum Gasteiger partial charge on any atom is 0.116 e. The van der Waals surface area contributed by atoms with Gasteiger partial charge in [0.2, 0.25) is 0 Å². The fraction of sp³-hybridized carbons (Fsp3) is 0.455. The first-order chi connectivity index (χ1) is 6.81. The number of hydrogen-bond acceptors (Lipinski definition) is 3. The van der Waals surface area contributed by atoms with Gasteiger partial charge in [0.25, 0.3) is 0 Å². The van der Waals surface area contributed by atoms with E-state index in [0.717, 1.165) is 25.2 Å². The maximum atomic E-state index is 9.43. The molecular formula is C11H16N2O. The molecule has 3 heteroatoms. The third-order valence-electron chi connectivity index (χ3n) is 2.73. The molecule has 0 amide bonds. The highest BCUT2D eigenvalue weighted by Gasteiger charge is 2.19.